The third-order valence-electron chi connectivity index (χ3n) is 4.57. The summed E-state index contributed by atoms with van der Waals surface area (Å²) in [6.07, 6.45) is 0. The molecule has 6 nitrogen and oxygen atoms in total. The Balaban J connectivity index is 1.76. The minimum Gasteiger partial charge on any atom is -0.508 e. The van der Waals surface area contributed by atoms with E-state index < -0.39 is 0 Å². The van der Waals surface area contributed by atoms with Crippen molar-refractivity contribution in [2.45, 2.75) is 13.1 Å². The molecule has 0 unspecified atom stereocenters. The van der Waals surface area contributed by atoms with Gasteiger partial charge in [-0.3, -0.25) is 0 Å². The Hall–Kier alpha value is -3.28. The number of aromatic hydroxyl groups is 1. The van der Waals surface area contributed by atoms with Gasteiger partial charge in [-0.15, -0.1) is 0 Å². The number of aromatic nitrogens is 3. The molecule has 4 aromatic rings. The molecule has 1 aliphatic heterocycles. The van der Waals surface area contributed by atoms with Crippen molar-refractivity contribution in [3.8, 4) is 5.75 Å². The predicted molar refractivity (Wildman–Crippen MR) is 93.8 cm³/mol. The number of nitrogens with one attached hydrogen (secondary N) is 1. The van der Waals surface area contributed by atoms with Gasteiger partial charge >= 0.3 is 0 Å². The van der Waals surface area contributed by atoms with Crippen LogP contribution in [0.3, 0.4) is 0 Å². The molecule has 24 heavy (non-hydrogen) atoms. The normalized spacial score (nSPS) is 13.8. The maximum atomic E-state index is 9.87. The molecular formula is C18H15N5O. The number of rotatable bonds is 1. The highest BCUT2D eigenvalue weighted by molar-refractivity contribution is 6.12. The first-order chi connectivity index (χ1) is 11.7. The zero-order chi connectivity index (χ0) is 16.3. The Morgan fingerprint density at radius 3 is 2.54 bits per heavy atom. The Morgan fingerprint density at radius 1 is 1.04 bits per heavy atom. The van der Waals surface area contributed by atoms with Gasteiger partial charge in [0.25, 0.3) is 0 Å². The maximum absolute atomic E-state index is 9.87. The molecule has 5 rings (SSSR count). The number of fused-ring (bicyclic) bond motifs is 4. The highest BCUT2D eigenvalue weighted by Gasteiger charge is 2.24. The van der Waals surface area contributed by atoms with E-state index in [0.717, 1.165) is 35.2 Å². The first kappa shape index (κ1) is 13.2. The molecule has 2 aromatic heterocycles. The molecule has 1 aliphatic rings. The molecule has 0 saturated heterocycles. The molecular weight excluding hydrogens is 302 g/mol. The van der Waals surface area contributed by atoms with Gasteiger partial charge in [-0.05, 0) is 29.3 Å². The van der Waals surface area contributed by atoms with Gasteiger partial charge < -0.3 is 20.7 Å². The van der Waals surface area contributed by atoms with E-state index in [-0.39, 0.29) is 11.7 Å². The van der Waals surface area contributed by atoms with Crippen LogP contribution in [0.4, 0.5) is 11.8 Å². The number of anilines is 2. The summed E-state index contributed by atoms with van der Waals surface area (Å²) in [4.78, 5) is 14.3. The highest BCUT2D eigenvalue weighted by atomic mass is 16.3. The average Bonchev–Trinajstić information content (AvgIpc) is 3.14. The van der Waals surface area contributed by atoms with Crippen molar-refractivity contribution in [3.05, 3.63) is 53.6 Å². The van der Waals surface area contributed by atoms with Crippen molar-refractivity contribution >= 4 is 33.7 Å². The number of phenols is 1. The van der Waals surface area contributed by atoms with Gasteiger partial charge in [-0.1, -0.05) is 24.3 Å². The van der Waals surface area contributed by atoms with Gasteiger partial charge in [0.2, 0.25) is 5.95 Å². The lowest BCUT2D eigenvalue weighted by Gasteiger charge is -2.18. The lowest BCUT2D eigenvalue weighted by molar-refractivity contribution is 0.476. The summed E-state index contributed by atoms with van der Waals surface area (Å²) in [6.45, 7) is 1.57. The van der Waals surface area contributed by atoms with Crippen LogP contribution in [0, 0.1) is 0 Å². The van der Waals surface area contributed by atoms with Crippen LogP contribution in [0.5, 0.6) is 5.75 Å². The largest absolute Gasteiger partial charge is 0.508 e. The number of benzene rings is 2. The summed E-state index contributed by atoms with van der Waals surface area (Å²) >= 11 is 0. The van der Waals surface area contributed by atoms with Crippen LogP contribution in [0.15, 0.2) is 42.5 Å². The number of aromatic amines is 1. The van der Waals surface area contributed by atoms with Gasteiger partial charge in [0.05, 0.1) is 5.39 Å². The quantitative estimate of drug-likeness (QED) is 0.502. The topological polar surface area (TPSA) is 91.1 Å². The number of nitrogens with zero attached hydrogens (tertiary/aromatic N) is 3. The van der Waals surface area contributed by atoms with Crippen LogP contribution >= 0.6 is 0 Å². The monoisotopic (exact) mass is 317 g/mol. The van der Waals surface area contributed by atoms with E-state index in [9.17, 15) is 5.11 Å². The van der Waals surface area contributed by atoms with E-state index in [1.807, 2.05) is 6.07 Å². The van der Waals surface area contributed by atoms with E-state index in [1.165, 1.54) is 11.1 Å². The second-order valence-corrected chi connectivity index (χ2v) is 6.11. The zero-order valence-electron chi connectivity index (χ0n) is 12.8. The molecule has 3 heterocycles. The summed E-state index contributed by atoms with van der Waals surface area (Å²) in [5.41, 5.74) is 10.1. The third-order valence-corrected chi connectivity index (χ3v) is 4.57. The van der Waals surface area contributed by atoms with Crippen LogP contribution in [0.1, 0.15) is 11.1 Å². The molecule has 0 radical (unpaired) electrons. The minimum absolute atomic E-state index is 0.218. The van der Waals surface area contributed by atoms with Crippen molar-refractivity contribution in [1.82, 2.24) is 15.0 Å². The second-order valence-electron chi connectivity index (χ2n) is 6.11. The van der Waals surface area contributed by atoms with Gasteiger partial charge in [0.15, 0.2) is 0 Å². The van der Waals surface area contributed by atoms with Crippen LogP contribution in [-0.4, -0.2) is 20.1 Å². The molecule has 0 aliphatic carbocycles. The molecule has 4 N–H and O–H groups in total. The van der Waals surface area contributed by atoms with E-state index in [0.29, 0.717) is 5.65 Å². The van der Waals surface area contributed by atoms with Gasteiger partial charge in [-0.2, -0.15) is 9.97 Å². The van der Waals surface area contributed by atoms with Crippen molar-refractivity contribution in [1.29, 1.82) is 0 Å². The summed E-state index contributed by atoms with van der Waals surface area (Å²) in [7, 11) is 0. The molecule has 0 atom stereocenters. The summed E-state index contributed by atoms with van der Waals surface area (Å²) in [6, 6.07) is 13.6. The SMILES string of the molecule is Nc1nc(N2Cc3ccccc3C2)c2c(n1)[nH]c1ccc(O)cc12. The highest BCUT2D eigenvalue weighted by Crippen LogP contribution is 2.37. The lowest BCUT2D eigenvalue weighted by atomic mass is 10.1. The Bertz CT molecular complexity index is 1080. The van der Waals surface area contributed by atoms with Crippen LogP contribution in [-0.2, 0) is 13.1 Å². The molecule has 0 amide bonds. The smallest absolute Gasteiger partial charge is 0.223 e. The number of H-pyrrole nitrogens is 1. The van der Waals surface area contributed by atoms with Crippen molar-refractivity contribution in [2.24, 2.45) is 0 Å². The summed E-state index contributed by atoms with van der Waals surface area (Å²) in [5.74, 6) is 1.26. The predicted octanol–water partition coefficient (Wildman–Crippen LogP) is 2.92. The number of hydrogen-bond donors (Lipinski definition) is 3. The van der Waals surface area contributed by atoms with E-state index in [4.69, 9.17) is 5.73 Å². The fraction of sp³-hybridized carbons (Fsp3) is 0.111. The second kappa shape index (κ2) is 4.61. The third kappa shape index (κ3) is 1.83. The Morgan fingerprint density at radius 2 is 1.79 bits per heavy atom. The number of phenolic OH excluding ortho intramolecular Hbond substituents is 1. The van der Waals surface area contributed by atoms with Crippen molar-refractivity contribution < 1.29 is 5.11 Å². The van der Waals surface area contributed by atoms with E-state index in [2.05, 4.69) is 44.1 Å². The molecule has 2 aromatic carbocycles. The number of hydrogen-bond acceptors (Lipinski definition) is 5. The minimum atomic E-state index is 0.218. The first-order valence-electron chi connectivity index (χ1n) is 7.79. The number of nitrogen functional groups attached to an aromatic ring is 1. The van der Waals surface area contributed by atoms with Crippen LogP contribution in [0.25, 0.3) is 21.9 Å². The van der Waals surface area contributed by atoms with Crippen LogP contribution < -0.4 is 10.6 Å². The Kier molecular flexibility index (Phi) is 2.53. The molecule has 118 valence electrons. The van der Waals surface area contributed by atoms with Crippen molar-refractivity contribution in [2.75, 3.05) is 10.6 Å². The van der Waals surface area contributed by atoms with Gasteiger partial charge in [0.1, 0.15) is 17.2 Å². The molecule has 0 bridgehead atoms. The average molecular weight is 317 g/mol. The summed E-state index contributed by atoms with van der Waals surface area (Å²) < 4.78 is 0. The van der Waals surface area contributed by atoms with Gasteiger partial charge in [-0.25, -0.2) is 0 Å². The molecule has 6 heteroatoms. The van der Waals surface area contributed by atoms with Crippen molar-refractivity contribution in [3.63, 3.8) is 0 Å². The van der Waals surface area contributed by atoms with E-state index >= 15 is 0 Å². The first-order valence-corrected chi connectivity index (χ1v) is 7.79. The van der Waals surface area contributed by atoms with Crippen LogP contribution in [0.2, 0.25) is 0 Å². The Labute approximate surface area is 137 Å². The standard InChI is InChI=1S/C18H15N5O/c19-18-21-16-15(13-7-12(24)5-6-14(13)20-16)17(22-18)23-8-10-3-1-2-4-11(10)9-23/h1-7,24H,8-9H2,(H3,19,20,21,22). The summed E-state index contributed by atoms with van der Waals surface area (Å²) in [5, 5.41) is 11.7. The molecule has 0 spiro atoms. The van der Waals surface area contributed by atoms with E-state index in [1.54, 1.807) is 12.1 Å². The lowest BCUT2D eigenvalue weighted by Crippen LogP contribution is -2.17. The number of nitrogens with two attached hydrogens (primary N) is 1. The molecule has 0 saturated carbocycles. The zero-order valence-corrected chi connectivity index (χ0v) is 12.8. The maximum Gasteiger partial charge on any atom is 0.223 e. The fourth-order valence-corrected chi connectivity index (χ4v) is 3.49. The van der Waals surface area contributed by atoms with Gasteiger partial charge in [0, 0.05) is 24.0 Å². The fourth-order valence-electron chi connectivity index (χ4n) is 3.49. The molecule has 0 fully saturated rings.